The predicted octanol–water partition coefficient (Wildman–Crippen LogP) is 5.36. The van der Waals surface area contributed by atoms with Gasteiger partial charge < -0.3 is 14.1 Å². The fourth-order valence-corrected chi connectivity index (χ4v) is 3.39. The van der Waals surface area contributed by atoms with Crippen LogP contribution in [0.2, 0.25) is 0 Å². The molecule has 0 radical (unpaired) electrons. The van der Waals surface area contributed by atoms with Gasteiger partial charge in [-0.3, -0.25) is 4.79 Å². The molecule has 1 aromatic carbocycles. The van der Waals surface area contributed by atoms with E-state index >= 15 is 0 Å². The summed E-state index contributed by atoms with van der Waals surface area (Å²) in [5.41, 5.74) is 5.52. The van der Waals surface area contributed by atoms with Gasteiger partial charge in [-0.25, -0.2) is 4.39 Å². The molecule has 2 aromatic rings. The molecule has 0 saturated carbocycles. The van der Waals surface area contributed by atoms with Gasteiger partial charge in [-0.1, -0.05) is 36.9 Å². The maximum absolute atomic E-state index is 13.1. The Morgan fingerprint density at radius 1 is 1.38 bits per heavy atom. The molecule has 0 spiro atoms. The summed E-state index contributed by atoms with van der Waals surface area (Å²) in [5.74, 6) is 0.0787. The molecule has 29 heavy (non-hydrogen) atoms. The van der Waals surface area contributed by atoms with E-state index in [1.54, 1.807) is 17.4 Å². The van der Waals surface area contributed by atoms with Crippen LogP contribution in [0.3, 0.4) is 0 Å². The molecule has 0 bridgehead atoms. The number of allylic oxidation sites excluding steroid dienone is 1. The van der Waals surface area contributed by atoms with E-state index in [1.807, 2.05) is 44.2 Å². The number of nitrogens with zero attached hydrogens (tertiary/aromatic N) is 1. The van der Waals surface area contributed by atoms with Gasteiger partial charge in [-0.15, -0.1) is 0 Å². The molecular formula is C24H26FNO3. The third-order valence-electron chi connectivity index (χ3n) is 4.88. The summed E-state index contributed by atoms with van der Waals surface area (Å²) in [4.78, 5) is 14.8. The van der Waals surface area contributed by atoms with Crippen LogP contribution in [0.15, 0.2) is 76.8 Å². The molecule has 5 heteroatoms. The number of hydrogen-bond donors (Lipinski definition) is 0. The Morgan fingerprint density at radius 2 is 2.17 bits per heavy atom. The molecule has 0 saturated heterocycles. The van der Waals surface area contributed by atoms with Crippen molar-refractivity contribution in [2.75, 3.05) is 13.2 Å². The van der Waals surface area contributed by atoms with Crippen molar-refractivity contribution in [3.05, 3.63) is 83.6 Å². The van der Waals surface area contributed by atoms with Crippen LogP contribution < -0.4 is 0 Å². The molecule has 2 heterocycles. The standard InChI is InChI=1S/C24H26FNO3/c1-5-6-21-13-26(24(27)23(21)18(4)29-14-17(3)25)12-20-8-7-19(11-16(20)2)22-9-10-28-15-22/h5-11,15,17H,4,12-14H2,1-3H3/b6-5-. The topological polar surface area (TPSA) is 42.7 Å². The van der Waals surface area contributed by atoms with Crippen LogP contribution in [0.5, 0.6) is 0 Å². The minimum atomic E-state index is -1.12. The molecule has 0 N–H and O–H groups in total. The number of carbonyl (C=O) groups excluding carboxylic acids is 1. The number of ether oxygens (including phenoxy) is 1. The number of benzene rings is 1. The van der Waals surface area contributed by atoms with Crippen LogP contribution >= 0.6 is 0 Å². The maximum Gasteiger partial charge on any atom is 0.258 e. The molecule has 1 unspecified atom stereocenters. The number of rotatable bonds is 8. The quantitative estimate of drug-likeness (QED) is 0.565. The Balaban J connectivity index is 1.77. The van der Waals surface area contributed by atoms with Crippen molar-refractivity contribution in [1.82, 2.24) is 4.90 Å². The van der Waals surface area contributed by atoms with Crippen molar-refractivity contribution < 1.29 is 18.3 Å². The summed E-state index contributed by atoms with van der Waals surface area (Å²) < 4.78 is 23.7. The Morgan fingerprint density at radius 3 is 2.79 bits per heavy atom. The second-order valence-electron chi connectivity index (χ2n) is 7.23. The lowest BCUT2D eigenvalue weighted by atomic mass is 10.0. The van der Waals surface area contributed by atoms with Crippen LogP contribution in [0.25, 0.3) is 11.1 Å². The average molecular weight is 395 g/mol. The Bertz CT molecular complexity index is 955. The van der Waals surface area contributed by atoms with Gasteiger partial charge in [0.25, 0.3) is 5.91 Å². The number of alkyl halides is 1. The molecule has 1 amide bonds. The first kappa shape index (κ1) is 20.6. The zero-order valence-electron chi connectivity index (χ0n) is 17.1. The lowest BCUT2D eigenvalue weighted by molar-refractivity contribution is -0.126. The second-order valence-corrected chi connectivity index (χ2v) is 7.23. The van der Waals surface area contributed by atoms with Crippen molar-refractivity contribution in [1.29, 1.82) is 0 Å². The van der Waals surface area contributed by atoms with Crippen LogP contribution in [0, 0.1) is 6.92 Å². The van der Waals surface area contributed by atoms with Crippen LogP contribution in [-0.4, -0.2) is 30.1 Å². The average Bonchev–Trinajstić information content (AvgIpc) is 3.31. The smallest absolute Gasteiger partial charge is 0.258 e. The largest absolute Gasteiger partial charge is 0.490 e. The highest BCUT2D eigenvalue weighted by molar-refractivity contribution is 6.01. The highest BCUT2D eigenvalue weighted by atomic mass is 19.1. The SMILES string of the molecule is C=C(OCC(C)F)C1=C(/C=C\C)CN(Cc2ccc(-c3ccoc3)cc2C)C1=O. The molecule has 1 atom stereocenters. The molecule has 1 aliphatic heterocycles. The van der Waals surface area contributed by atoms with Crippen molar-refractivity contribution in [2.45, 2.75) is 33.5 Å². The molecule has 3 rings (SSSR count). The van der Waals surface area contributed by atoms with Crippen molar-refractivity contribution >= 4 is 5.91 Å². The highest BCUT2D eigenvalue weighted by Gasteiger charge is 2.32. The van der Waals surface area contributed by atoms with Crippen LogP contribution in [0.4, 0.5) is 4.39 Å². The number of aryl methyl sites for hydroxylation is 1. The third-order valence-corrected chi connectivity index (χ3v) is 4.88. The van der Waals surface area contributed by atoms with Gasteiger partial charge in [0.05, 0.1) is 18.1 Å². The second kappa shape index (κ2) is 8.95. The van der Waals surface area contributed by atoms with E-state index in [1.165, 1.54) is 6.92 Å². The predicted molar refractivity (Wildman–Crippen MR) is 112 cm³/mol. The molecule has 4 nitrogen and oxygen atoms in total. The zero-order chi connectivity index (χ0) is 21.0. The molecule has 1 aliphatic rings. The number of amides is 1. The Kier molecular flexibility index (Phi) is 6.37. The van der Waals surface area contributed by atoms with Crippen molar-refractivity contribution in [3.8, 4) is 11.1 Å². The van der Waals surface area contributed by atoms with Gasteiger partial charge >= 0.3 is 0 Å². The first-order valence-corrected chi connectivity index (χ1v) is 9.64. The first-order chi connectivity index (χ1) is 13.9. The fraction of sp³-hybridized carbons (Fsp3) is 0.292. The normalized spacial score (nSPS) is 15.4. The third kappa shape index (κ3) is 4.67. The summed E-state index contributed by atoms with van der Waals surface area (Å²) in [5, 5.41) is 0. The maximum atomic E-state index is 13.1. The summed E-state index contributed by atoms with van der Waals surface area (Å²) in [6, 6.07) is 8.07. The molecule has 0 aliphatic carbocycles. The van der Waals surface area contributed by atoms with E-state index in [4.69, 9.17) is 9.15 Å². The Labute approximate surface area is 171 Å². The lowest BCUT2D eigenvalue weighted by Gasteiger charge is -2.19. The first-order valence-electron chi connectivity index (χ1n) is 9.64. The fourth-order valence-electron chi connectivity index (χ4n) is 3.39. The minimum absolute atomic E-state index is 0.118. The Hall–Kier alpha value is -3.08. The molecular weight excluding hydrogens is 369 g/mol. The van der Waals surface area contributed by atoms with Gasteiger partial charge in [0.1, 0.15) is 18.5 Å². The zero-order valence-corrected chi connectivity index (χ0v) is 17.1. The van der Waals surface area contributed by atoms with E-state index in [0.717, 1.165) is 27.8 Å². The van der Waals surface area contributed by atoms with Gasteiger partial charge in [0.15, 0.2) is 0 Å². The number of hydrogen-bond acceptors (Lipinski definition) is 3. The summed E-state index contributed by atoms with van der Waals surface area (Å²) in [7, 11) is 0. The van der Waals surface area contributed by atoms with Crippen molar-refractivity contribution in [3.63, 3.8) is 0 Å². The van der Waals surface area contributed by atoms with E-state index in [-0.39, 0.29) is 18.3 Å². The van der Waals surface area contributed by atoms with Crippen LogP contribution in [-0.2, 0) is 16.1 Å². The molecule has 152 valence electrons. The molecule has 1 aromatic heterocycles. The number of carbonyl (C=O) groups is 1. The monoisotopic (exact) mass is 395 g/mol. The van der Waals surface area contributed by atoms with E-state index in [0.29, 0.717) is 18.7 Å². The number of halogens is 1. The summed E-state index contributed by atoms with van der Waals surface area (Å²) in [6.07, 6.45) is 6.00. The van der Waals surface area contributed by atoms with E-state index in [2.05, 4.69) is 12.6 Å². The van der Waals surface area contributed by atoms with E-state index < -0.39 is 6.17 Å². The minimum Gasteiger partial charge on any atom is -0.490 e. The van der Waals surface area contributed by atoms with Crippen LogP contribution in [0.1, 0.15) is 25.0 Å². The van der Waals surface area contributed by atoms with Gasteiger partial charge in [0, 0.05) is 18.7 Å². The lowest BCUT2D eigenvalue weighted by Crippen LogP contribution is -2.27. The van der Waals surface area contributed by atoms with Gasteiger partial charge in [-0.05, 0) is 49.1 Å². The number of furan rings is 1. The molecule has 0 fully saturated rings. The van der Waals surface area contributed by atoms with Gasteiger partial charge in [-0.2, -0.15) is 0 Å². The summed E-state index contributed by atoms with van der Waals surface area (Å²) in [6.45, 7) is 10.0. The van der Waals surface area contributed by atoms with Crippen molar-refractivity contribution in [2.24, 2.45) is 0 Å². The van der Waals surface area contributed by atoms with Gasteiger partial charge in [0.2, 0.25) is 0 Å². The summed E-state index contributed by atoms with van der Waals surface area (Å²) >= 11 is 0. The highest BCUT2D eigenvalue weighted by Crippen LogP contribution is 2.29. The van der Waals surface area contributed by atoms with E-state index in [9.17, 15) is 9.18 Å².